The third-order valence-electron chi connectivity index (χ3n) is 3.22. The number of anilines is 1. The van der Waals surface area contributed by atoms with Crippen molar-refractivity contribution >= 4 is 29.0 Å². The van der Waals surface area contributed by atoms with Gasteiger partial charge in [-0.15, -0.1) is 0 Å². The normalized spacial score (nSPS) is 13.8. The molecule has 3 nitrogen and oxygen atoms in total. The molecule has 1 aliphatic heterocycles. The van der Waals surface area contributed by atoms with Gasteiger partial charge in [0.2, 0.25) is 0 Å². The van der Waals surface area contributed by atoms with E-state index in [1.54, 1.807) is 24.3 Å². The predicted octanol–water partition coefficient (Wildman–Crippen LogP) is 3.21. The van der Waals surface area contributed by atoms with Crippen LogP contribution < -0.4 is 4.90 Å². The number of hydrogen-bond donors (Lipinski definition) is 0. The molecule has 1 heterocycles. The van der Waals surface area contributed by atoms with Crippen LogP contribution >= 0.6 is 11.6 Å². The Labute approximate surface area is 119 Å². The van der Waals surface area contributed by atoms with E-state index < -0.39 is 17.5 Å². The molecular formula is C15H9ClFNO2. The molecule has 0 aromatic heterocycles. The summed E-state index contributed by atoms with van der Waals surface area (Å²) in [5, 5.41) is 0.231. The van der Waals surface area contributed by atoms with Crippen molar-refractivity contribution in [2.75, 3.05) is 4.90 Å². The second kappa shape index (κ2) is 4.72. The summed E-state index contributed by atoms with van der Waals surface area (Å²) in [5.41, 5.74) is 1.53. The smallest absolute Gasteiger partial charge is 0.299 e. The maximum absolute atomic E-state index is 13.0. The van der Waals surface area contributed by atoms with E-state index in [0.29, 0.717) is 16.8 Å². The number of ketones is 1. The predicted molar refractivity (Wildman–Crippen MR) is 73.4 cm³/mol. The van der Waals surface area contributed by atoms with Crippen molar-refractivity contribution in [1.82, 2.24) is 0 Å². The van der Waals surface area contributed by atoms with Crippen LogP contribution in [0, 0.1) is 5.82 Å². The highest BCUT2D eigenvalue weighted by Crippen LogP contribution is 2.31. The third-order valence-corrected chi connectivity index (χ3v) is 3.57. The van der Waals surface area contributed by atoms with Gasteiger partial charge >= 0.3 is 0 Å². The standard InChI is InChI=1S/C15H9ClFNO2/c16-12-7-10(17)6-5-9(12)8-18-13-4-2-1-3-11(13)14(19)15(18)20/h1-7H,8H2. The average Bonchev–Trinajstić information content (AvgIpc) is 2.67. The zero-order chi connectivity index (χ0) is 14.3. The highest BCUT2D eigenvalue weighted by Gasteiger charge is 2.35. The van der Waals surface area contributed by atoms with Gasteiger partial charge in [0.1, 0.15) is 5.82 Å². The van der Waals surface area contributed by atoms with E-state index in [0.717, 1.165) is 0 Å². The summed E-state index contributed by atoms with van der Waals surface area (Å²) in [5.74, 6) is -1.56. The number of benzene rings is 2. The van der Waals surface area contributed by atoms with Gasteiger partial charge in [-0.25, -0.2) is 4.39 Å². The van der Waals surface area contributed by atoms with Crippen LogP contribution in [-0.4, -0.2) is 11.7 Å². The Hall–Kier alpha value is -2.20. The van der Waals surface area contributed by atoms with Crippen LogP contribution in [0.3, 0.4) is 0 Å². The van der Waals surface area contributed by atoms with E-state index in [4.69, 9.17) is 11.6 Å². The van der Waals surface area contributed by atoms with E-state index in [9.17, 15) is 14.0 Å². The van der Waals surface area contributed by atoms with E-state index in [1.807, 2.05) is 0 Å². The lowest BCUT2D eigenvalue weighted by molar-refractivity contribution is -0.114. The Morgan fingerprint density at radius 1 is 1.10 bits per heavy atom. The molecule has 0 atom stereocenters. The summed E-state index contributed by atoms with van der Waals surface area (Å²) in [6.07, 6.45) is 0. The van der Waals surface area contributed by atoms with Crippen molar-refractivity contribution in [1.29, 1.82) is 0 Å². The molecule has 20 heavy (non-hydrogen) atoms. The first-order valence-corrected chi connectivity index (χ1v) is 6.35. The molecule has 0 aliphatic carbocycles. The van der Waals surface area contributed by atoms with Gasteiger partial charge in [0.15, 0.2) is 0 Å². The first-order valence-electron chi connectivity index (χ1n) is 5.97. The van der Waals surface area contributed by atoms with Gasteiger partial charge in [0.05, 0.1) is 17.8 Å². The number of para-hydroxylation sites is 1. The molecule has 0 unspecified atom stereocenters. The molecule has 0 N–H and O–H groups in total. The molecule has 0 saturated carbocycles. The van der Waals surface area contributed by atoms with Gasteiger partial charge in [-0.2, -0.15) is 0 Å². The number of rotatable bonds is 2. The minimum atomic E-state index is -0.591. The van der Waals surface area contributed by atoms with Crippen molar-refractivity contribution in [2.45, 2.75) is 6.54 Å². The number of fused-ring (bicyclic) bond motifs is 1. The van der Waals surface area contributed by atoms with Crippen LogP contribution in [0.5, 0.6) is 0 Å². The van der Waals surface area contributed by atoms with Crippen molar-refractivity contribution in [3.05, 3.63) is 64.4 Å². The molecule has 2 aromatic rings. The number of Topliss-reactive ketones (excluding diaryl/α,β-unsaturated/α-hetero) is 1. The largest absolute Gasteiger partial charge is 0.300 e. The molecule has 0 saturated heterocycles. The summed E-state index contributed by atoms with van der Waals surface area (Å²) in [4.78, 5) is 25.2. The van der Waals surface area contributed by atoms with Crippen LogP contribution in [0.1, 0.15) is 15.9 Å². The average molecular weight is 290 g/mol. The fourth-order valence-corrected chi connectivity index (χ4v) is 2.45. The Morgan fingerprint density at radius 3 is 2.60 bits per heavy atom. The number of carbonyl (C=O) groups excluding carboxylic acids is 2. The SMILES string of the molecule is O=C1C(=O)N(Cc2ccc(F)cc2Cl)c2ccccc21. The summed E-state index contributed by atoms with van der Waals surface area (Å²) < 4.78 is 13.0. The summed E-state index contributed by atoms with van der Waals surface area (Å²) in [7, 11) is 0. The molecule has 0 radical (unpaired) electrons. The van der Waals surface area contributed by atoms with Crippen LogP contribution in [0.15, 0.2) is 42.5 Å². The van der Waals surface area contributed by atoms with Gasteiger partial charge in [-0.1, -0.05) is 29.8 Å². The zero-order valence-corrected chi connectivity index (χ0v) is 11.0. The second-order valence-corrected chi connectivity index (χ2v) is 4.88. The number of carbonyl (C=O) groups is 2. The van der Waals surface area contributed by atoms with Crippen molar-refractivity contribution in [3.8, 4) is 0 Å². The van der Waals surface area contributed by atoms with Crippen molar-refractivity contribution < 1.29 is 14.0 Å². The van der Waals surface area contributed by atoms with Gasteiger partial charge in [0, 0.05) is 5.02 Å². The maximum atomic E-state index is 13.0. The van der Waals surface area contributed by atoms with E-state index in [2.05, 4.69) is 0 Å². The van der Waals surface area contributed by atoms with Crippen molar-refractivity contribution in [2.24, 2.45) is 0 Å². The second-order valence-electron chi connectivity index (χ2n) is 4.47. The van der Waals surface area contributed by atoms with Crippen LogP contribution in [-0.2, 0) is 11.3 Å². The molecule has 1 amide bonds. The Bertz CT molecular complexity index is 730. The first-order chi connectivity index (χ1) is 9.58. The lowest BCUT2D eigenvalue weighted by Crippen LogP contribution is -2.29. The topological polar surface area (TPSA) is 37.4 Å². The molecule has 2 aromatic carbocycles. The van der Waals surface area contributed by atoms with E-state index in [1.165, 1.54) is 23.1 Å². The molecular weight excluding hydrogens is 281 g/mol. The Kier molecular flexibility index (Phi) is 3.03. The molecule has 0 fully saturated rings. The lowest BCUT2D eigenvalue weighted by Gasteiger charge is -2.17. The molecule has 3 rings (SSSR count). The number of amides is 1. The molecule has 100 valence electrons. The monoisotopic (exact) mass is 289 g/mol. The van der Waals surface area contributed by atoms with Gasteiger partial charge in [-0.3, -0.25) is 9.59 Å². The number of halogens is 2. The van der Waals surface area contributed by atoms with Gasteiger partial charge in [-0.05, 0) is 29.8 Å². The molecule has 5 heteroatoms. The highest BCUT2D eigenvalue weighted by molar-refractivity contribution is 6.52. The first kappa shape index (κ1) is 12.8. The number of hydrogen-bond acceptors (Lipinski definition) is 2. The minimum absolute atomic E-state index is 0.140. The summed E-state index contributed by atoms with van der Waals surface area (Å²) >= 11 is 5.96. The molecule has 0 bridgehead atoms. The van der Waals surface area contributed by atoms with E-state index in [-0.39, 0.29) is 11.6 Å². The Morgan fingerprint density at radius 2 is 1.85 bits per heavy atom. The van der Waals surface area contributed by atoms with Gasteiger partial charge < -0.3 is 4.90 Å². The molecule has 1 aliphatic rings. The highest BCUT2D eigenvalue weighted by atomic mass is 35.5. The zero-order valence-electron chi connectivity index (χ0n) is 10.3. The minimum Gasteiger partial charge on any atom is -0.300 e. The quantitative estimate of drug-likeness (QED) is 0.796. The van der Waals surface area contributed by atoms with Crippen LogP contribution in [0.25, 0.3) is 0 Å². The maximum Gasteiger partial charge on any atom is 0.299 e. The third kappa shape index (κ3) is 1.98. The fraction of sp³-hybridized carbons (Fsp3) is 0.0667. The van der Waals surface area contributed by atoms with Crippen molar-refractivity contribution in [3.63, 3.8) is 0 Å². The summed E-state index contributed by atoms with van der Waals surface area (Å²) in [6, 6.07) is 10.7. The van der Waals surface area contributed by atoms with Crippen LogP contribution in [0.2, 0.25) is 5.02 Å². The number of nitrogens with zero attached hydrogens (tertiary/aromatic N) is 1. The van der Waals surface area contributed by atoms with Crippen LogP contribution in [0.4, 0.5) is 10.1 Å². The van der Waals surface area contributed by atoms with E-state index >= 15 is 0 Å². The summed E-state index contributed by atoms with van der Waals surface area (Å²) in [6.45, 7) is 0.140. The Balaban J connectivity index is 1.99. The van der Waals surface area contributed by atoms with Gasteiger partial charge in [0.25, 0.3) is 11.7 Å². The molecule has 0 spiro atoms. The lowest BCUT2D eigenvalue weighted by atomic mass is 10.1. The fourth-order valence-electron chi connectivity index (χ4n) is 2.23.